The number of nitrogens with zero attached hydrogens (tertiary/aromatic N) is 1. The van der Waals surface area contributed by atoms with Gasteiger partial charge in [-0.1, -0.05) is 36.4 Å². The molecule has 1 heterocycles. The Labute approximate surface area is 148 Å². The fraction of sp³-hybridized carbons (Fsp3) is 0.350. The van der Waals surface area contributed by atoms with Crippen molar-refractivity contribution in [2.75, 3.05) is 26.8 Å². The Hall–Kier alpha value is -2.53. The van der Waals surface area contributed by atoms with Crippen LogP contribution in [0, 0.1) is 0 Å². The van der Waals surface area contributed by atoms with Gasteiger partial charge in [-0.05, 0) is 37.2 Å². The highest BCUT2D eigenvalue weighted by molar-refractivity contribution is 5.78. The number of rotatable bonds is 6. The van der Waals surface area contributed by atoms with Gasteiger partial charge in [0.05, 0.1) is 12.6 Å². The van der Waals surface area contributed by atoms with Crippen LogP contribution in [-0.2, 0) is 11.3 Å². The molecular formula is C20H24N2O3. The van der Waals surface area contributed by atoms with E-state index >= 15 is 0 Å². The van der Waals surface area contributed by atoms with E-state index in [0.29, 0.717) is 26.3 Å². The first kappa shape index (κ1) is 17.3. The molecule has 25 heavy (non-hydrogen) atoms. The number of ether oxygens (including phenoxy) is 2. The molecule has 1 amide bonds. The van der Waals surface area contributed by atoms with Crippen molar-refractivity contribution in [1.82, 2.24) is 10.2 Å². The minimum absolute atomic E-state index is 0.00334. The number of benzene rings is 2. The van der Waals surface area contributed by atoms with Gasteiger partial charge in [0.2, 0.25) is 5.91 Å². The number of likely N-dealkylation sites (N-methyl/N-ethyl adjacent to an activating group) is 1. The second kappa shape index (κ2) is 8.03. The largest absolute Gasteiger partial charge is 0.486 e. The molecule has 3 rings (SSSR count). The van der Waals surface area contributed by atoms with E-state index in [2.05, 4.69) is 5.32 Å². The molecule has 2 aromatic rings. The van der Waals surface area contributed by atoms with Gasteiger partial charge in [-0.2, -0.15) is 0 Å². The fourth-order valence-electron chi connectivity index (χ4n) is 2.91. The normalized spacial score (nSPS) is 14.2. The number of hydrogen-bond acceptors (Lipinski definition) is 4. The van der Waals surface area contributed by atoms with Crippen LogP contribution < -0.4 is 14.8 Å². The Morgan fingerprint density at radius 1 is 1.12 bits per heavy atom. The summed E-state index contributed by atoms with van der Waals surface area (Å²) in [5.41, 5.74) is 2.20. The minimum atomic E-state index is -0.00334. The summed E-state index contributed by atoms with van der Waals surface area (Å²) in [6.45, 7) is 4.17. The Morgan fingerprint density at radius 2 is 1.84 bits per heavy atom. The summed E-state index contributed by atoms with van der Waals surface area (Å²) in [4.78, 5) is 14.2. The number of nitrogens with one attached hydrogen (secondary N) is 1. The van der Waals surface area contributed by atoms with E-state index in [1.165, 1.54) is 0 Å². The van der Waals surface area contributed by atoms with Crippen LogP contribution in [0.3, 0.4) is 0 Å². The zero-order chi connectivity index (χ0) is 17.6. The van der Waals surface area contributed by atoms with Crippen molar-refractivity contribution >= 4 is 5.91 Å². The molecule has 1 atom stereocenters. The summed E-state index contributed by atoms with van der Waals surface area (Å²) in [6, 6.07) is 15.9. The lowest BCUT2D eigenvalue weighted by molar-refractivity contribution is -0.122. The third-order valence-electron chi connectivity index (χ3n) is 4.15. The van der Waals surface area contributed by atoms with Crippen LogP contribution in [0.4, 0.5) is 0 Å². The van der Waals surface area contributed by atoms with E-state index in [0.717, 1.165) is 22.6 Å². The monoisotopic (exact) mass is 340 g/mol. The van der Waals surface area contributed by atoms with Crippen LogP contribution >= 0.6 is 0 Å². The van der Waals surface area contributed by atoms with Gasteiger partial charge >= 0.3 is 0 Å². The first-order valence-electron chi connectivity index (χ1n) is 8.53. The molecule has 2 aromatic carbocycles. The van der Waals surface area contributed by atoms with Crippen molar-refractivity contribution in [3.8, 4) is 11.5 Å². The molecular weight excluding hydrogens is 316 g/mol. The molecule has 0 saturated carbocycles. The summed E-state index contributed by atoms with van der Waals surface area (Å²) in [6.07, 6.45) is 0. The molecule has 0 saturated heterocycles. The van der Waals surface area contributed by atoms with E-state index in [1.54, 1.807) is 0 Å². The molecule has 1 N–H and O–H groups in total. The van der Waals surface area contributed by atoms with Crippen molar-refractivity contribution in [3.05, 3.63) is 59.7 Å². The third-order valence-corrected chi connectivity index (χ3v) is 4.15. The predicted molar refractivity (Wildman–Crippen MR) is 96.8 cm³/mol. The van der Waals surface area contributed by atoms with E-state index in [1.807, 2.05) is 67.4 Å². The molecule has 1 unspecified atom stereocenters. The van der Waals surface area contributed by atoms with E-state index in [9.17, 15) is 4.79 Å². The van der Waals surface area contributed by atoms with Gasteiger partial charge in [0.1, 0.15) is 13.2 Å². The molecule has 0 bridgehead atoms. The molecule has 1 aliphatic heterocycles. The average Bonchev–Trinajstić information content (AvgIpc) is 2.62. The van der Waals surface area contributed by atoms with Gasteiger partial charge in [-0.25, -0.2) is 0 Å². The number of amides is 1. The molecule has 0 radical (unpaired) electrons. The lowest BCUT2D eigenvalue weighted by Gasteiger charge is -2.21. The zero-order valence-corrected chi connectivity index (χ0v) is 14.7. The van der Waals surface area contributed by atoms with Gasteiger partial charge in [0, 0.05) is 6.54 Å². The maximum absolute atomic E-state index is 12.3. The minimum Gasteiger partial charge on any atom is -0.486 e. The van der Waals surface area contributed by atoms with Crippen molar-refractivity contribution in [2.24, 2.45) is 0 Å². The Kier molecular flexibility index (Phi) is 5.56. The zero-order valence-electron chi connectivity index (χ0n) is 14.7. The summed E-state index contributed by atoms with van der Waals surface area (Å²) in [5.74, 6) is 1.57. The van der Waals surface area contributed by atoms with Crippen LogP contribution in [0.2, 0.25) is 0 Å². The Morgan fingerprint density at radius 3 is 2.60 bits per heavy atom. The van der Waals surface area contributed by atoms with Gasteiger partial charge in [0.25, 0.3) is 0 Å². The van der Waals surface area contributed by atoms with E-state index < -0.39 is 0 Å². The van der Waals surface area contributed by atoms with Crippen LogP contribution in [-0.4, -0.2) is 37.6 Å². The second-order valence-corrected chi connectivity index (χ2v) is 6.35. The maximum Gasteiger partial charge on any atom is 0.234 e. The average molecular weight is 340 g/mol. The number of fused-ring (bicyclic) bond motifs is 1. The quantitative estimate of drug-likeness (QED) is 0.878. The topological polar surface area (TPSA) is 50.8 Å². The van der Waals surface area contributed by atoms with Crippen molar-refractivity contribution < 1.29 is 14.3 Å². The maximum atomic E-state index is 12.3. The Balaban J connectivity index is 1.52. The van der Waals surface area contributed by atoms with Gasteiger partial charge < -0.3 is 14.8 Å². The standard InChI is InChI=1S/C20H24N2O3/c1-15(17-6-4-3-5-7-17)21-20(23)14-22(2)13-16-8-9-18-19(12-16)25-11-10-24-18/h3-9,12,15H,10-11,13-14H2,1-2H3,(H,21,23). The van der Waals surface area contributed by atoms with Gasteiger partial charge in [-0.15, -0.1) is 0 Å². The molecule has 5 nitrogen and oxygen atoms in total. The summed E-state index contributed by atoms with van der Waals surface area (Å²) < 4.78 is 11.1. The summed E-state index contributed by atoms with van der Waals surface area (Å²) in [5, 5.41) is 3.04. The summed E-state index contributed by atoms with van der Waals surface area (Å²) >= 11 is 0. The number of hydrogen-bond donors (Lipinski definition) is 1. The van der Waals surface area contributed by atoms with Crippen LogP contribution in [0.25, 0.3) is 0 Å². The highest BCUT2D eigenvalue weighted by atomic mass is 16.6. The van der Waals surface area contributed by atoms with Gasteiger partial charge in [0.15, 0.2) is 11.5 Å². The molecule has 0 spiro atoms. The van der Waals surface area contributed by atoms with Gasteiger partial charge in [-0.3, -0.25) is 9.69 Å². The number of carbonyl (C=O) groups excluding carboxylic acids is 1. The van der Waals surface area contributed by atoms with Crippen molar-refractivity contribution in [3.63, 3.8) is 0 Å². The Bertz CT molecular complexity index is 718. The number of carbonyl (C=O) groups is 1. The molecule has 132 valence electrons. The highest BCUT2D eigenvalue weighted by Crippen LogP contribution is 2.30. The van der Waals surface area contributed by atoms with Crippen LogP contribution in [0.1, 0.15) is 24.1 Å². The third kappa shape index (κ3) is 4.73. The van der Waals surface area contributed by atoms with E-state index in [4.69, 9.17) is 9.47 Å². The fourth-order valence-corrected chi connectivity index (χ4v) is 2.91. The molecule has 1 aliphatic rings. The lowest BCUT2D eigenvalue weighted by Crippen LogP contribution is -2.36. The predicted octanol–water partition coefficient (Wildman–Crippen LogP) is 2.77. The molecule has 0 fully saturated rings. The van der Waals surface area contributed by atoms with Crippen molar-refractivity contribution in [2.45, 2.75) is 19.5 Å². The molecule has 0 aliphatic carbocycles. The highest BCUT2D eigenvalue weighted by Gasteiger charge is 2.14. The SMILES string of the molecule is CC(NC(=O)CN(C)Cc1ccc2c(c1)OCCO2)c1ccccc1. The second-order valence-electron chi connectivity index (χ2n) is 6.35. The first-order valence-corrected chi connectivity index (χ1v) is 8.53. The lowest BCUT2D eigenvalue weighted by atomic mass is 10.1. The molecule has 0 aromatic heterocycles. The smallest absolute Gasteiger partial charge is 0.234 e. The van der Waals surface area contributed by atoms with Crippen LogP contribution in [0.15, 0.2) is 48.5 Å². The molecule has 5 heteroatoms. The summed E-state index contributed by atoms with van der Waals surface area (Å²) in [7, 11) is 1.93. The first-order chi connectivity index (χ1) is 12.1. The van der Waals surface area contributed by atoms with Crippen LogP contribution in [0.5, 0.6) is 11.5 Å². The van der Waals surface area contributed by atoms with E-state index in [-0.39, 0.29) is 11.9 Å². The van der Waals surface area contributed by atoms with Crippen molar-refractivity contribution in [1.29, 1.82) is 0 Å².